The van der Waals surface area contributed by atoms with E-state index in [1.807, 2.05) is 12.1 Å². The Kier molecular flexibility index (Phi) is 2.57. The summed E-state index contributed by atoms with van der Waals surface area (Å²) in [6.07, 6.45) is 1.44. The van der Waals surface area contributed by atoms with E-state index in [1.165, 1.54) is 6.20 Å². The summed E-state index contributed by atoms with van der Waals surface area (Å²) in [5.74, 6) is 0.717. The Bertz CT molecular complexity index is 487. The molecule has 15 heavy (non-hydrogen) atoms. The van der Waals surface area contributed by atoms with Crippen molar-refractivity contribution in [3.63, 3.8) is 0 Å². The molecule has 4 nitrogen and oxygen atoms in total. The van der Waals surface area contributed by atoms with Crippen molar-refractivity contribution in [1.29, 1.82) is 0 Å². The van der Waals surface area contributed by atoms with E-state index in [0.29, 0.717) is 11.2 Å². The average Bonchev–Trinajstić information content (AvgIpc) is 2.27. The molecule has 0 radical (unpaired) electrons. The van der Waals surface area contributed by atoms with E-state index in [4.69, 9.17) is 14.8 Å². The summed E-state index contributed by atoms with van der Waals surface area (Å²) < 4.78 is 5.07. The van der Waals surface area contributed by atoms with E-state index in [9.17, 15) is 0 Å². The van der Waals surface area contributed by atoms with Crippen molar-refractivity contribution in [3.05, 3.63) is 30.5 Å². The molecule has 0 saturated carbocycles. The minimum atomic E-state index is -1.49. The van der Waals surface area contributed by atoms with E-state index in [0.717, 1.165) is 10.9 Å². The number of benzene rings is 1. The van der Waals surface area contributed by atoms with Crippen molar-refractivity contribution in [2.75, 3.05) is 7.11 Å². The lowest BCUT2D eigenvalue weighted by atomic mass is 9.81. The number of nitrogens with zero attached hydrogens (tertiary/aromatic N) is 1. The van der Waals surface area contributed by atoms with Crippen LogP contribution in [0.25, 0.3) is 10.9 Å². The Labute approximate surface area is 87.3 Å². The first-order chi connectivity index (χ1) is 7.20. The summed E-state index contributed by atoms with van der Waals surface area (Å²) in [5, 5.41) is 18.8. The molecule has 1 aromatic carbocycles. The topological polar surface area (TPSA) is 62.6 Å². The van der Waals surface area contributed by atoms with E-state index in [2.05, 4.69) is 4.98 Å². The summed E-state index contributed by atoms with van der Waals surface area (Å²) in [7, 11) is 0.0902. The zero-order valence-corrected chi connectivity index (χ0v) is 8.21. The highest BCUT2D eigenvalue weighted by Gasteiger charge is 2.11. The highest BCUT2D eigenvalue weighted by molar-refractivity contribution is 6.58. The molecule has 0 saturated heterocycles. The Morgan fingerprint density at radius 2 is 2.07 bits per heavy atom. The van der Waals surface area contributed by atoms with Crippen molar-refractivity contribution in [2.45, 2.75) is 0 Å². The lowest BCUT2D eigenvalue weighted by molar-refractivity contribution is 0.415. The van der Waals surface area contributed by atoms with Gasteiger partial charge in [-0.05, 0) is 18.2 Å². The second kappa shape index (κ2) is 3.88. The maximum atomic E-state index is 8.99. The van der Waals surface area contributed by atoms with Crippen molar-refractivity contribution >= 4 is 23.5 Å². The van der Waals surface area contributed by atoms with Crippen LogP contribution in [0.5, 0.6) is 5.75 Å². The van der Waals surface area contributed by atoms with Crippen molar-refractivity contribution in [1.82, 2.24) is 4.98 Å². The second-order valence-corrected chi connectivity index (χ2v) is 3.20. The number of hydrogen-bond acceptors (Lipinski definition) is 4. The smallest absolute Gasteiger partial charge is 0.490 e. The van der Waals surface area contributed by atoms with Gasteiger partial charge in [-0.15, -0.1) is 0 Å². The summed E-state index contributed by atoms with van der Waals surface area (Å²) in [4.78, 5) is 4.10. The fraction of sp³-hybridized carbons (Fsp3) is 0.100. The van der Waals surface area contributed by atoms with Gasteiger partial charge in [-0.25, -0.2) is 0 Å². The summed E-state index contributed by atoms with van der Waals surface area (Å²) in [6, 6.07) is 7.11. The maximum absolute atomic E-state index is 8.99. The number of aromatic nitrogens is 1. The molecule has 2 rings (SSSR count). The molecule has 0 aliphatic heterocycles. The van der Waals surface area contributed by atoms with Crippen LogP contribution in [-0.4, -0.2) is 29.3 Å². The van der Waals surface area contributed by atoms with Crippen LogP contribution in [0.3, 0.4) is 0 Å². The van der Waals surface area contributed by atoms with Gasteiger partial charge in [0.15, 0.2) is 0 Å². The maximum Gasteiger partial charge on any atom is 0.490 e. The molecular weight excluding hydrogens is 193 g/mol. The van der Waals surface area contributed by atoms with Gasteiger partial charge in [-0.3, -0.25) is 4.98 Å². The predicted molar refractivity (Wildman–Crippen MR) is 58.1 cm³/mol. The molecule has 0 fully saturated rings. The average molecular weight is 203 g/mol. The summed E-state index contributed by atoms with van der Waals surface area (Å²) in [6.45, 7) is 0. The Hall–Kier alpha value is -1.59. The summed E-state index contributed by atoms with van der Waals surface area (Å²) in [5.41, 5.74) is 1.16. The number of pyridine rings is 1. The molecular formula is C10H10BNO3. The van der Waals surface area contributed by atoms with Crippen LogP contribution in [0.2, 0.25) is 0 Å². The van der Waals surface area contributed by atoms with Gasteiger partial charge in [0, 0.05) is 17.0 Å². The largest absolute Gasteiger partial charge is 0.497 e. The Morgan fingerprint density at radius 1 is 1.27 bits per heavy atom. The molecule has 1 aromatic heterocycles. The van der Waals surface area contributed by atoms with E-state index >= 15 is 0 Å². The third-order valence-corrected chi connectivity index (χ3v) is 2.21. The van der Waals surface area contributed by atoms with Crippen molar-refractivity contribution < 1.29 is 14.8 Å². The first-order valence-electron chi connectivity index (χ1n) is 4.50. The quantitative estimate of drug-likeness (QED) is 0.670. The van der Waals surface area contributed by atoms with Gasteiger partial charge in [0.1, 0.15) is 5.75 Å². The van der Waals surface area contributed by atoms with E-state index < -0.39 is 7.12 Å². The van der Waals surface area contributed by atoms with Gasteiger partial charge < -0.3 is 14.8 Å². The number of fused-ring (bicyclic) bond motifs is 1. The van der Waals surface area contributed by atoms with Crippen LogP contribution in [0.4, 0.5) is 0 Å². The van der Waals surface area contributed by atoms with Gasteiger partial charge >= 0.3 is 7.12 Å². The molecule has 0 bridgehead atoms. The van der Waals surface area contributed by atoms with Gasteiger partial charge in [0.2, 0.25) is 0 Å². The first-order valence-corrected chi connectivity index (χ1v) is 4.50. The number of hydrogen-bond donors (Lipinski definition) is 2. The lowest BCUT2D eigenvalue weighted by Gasteiger charge is -2.04. The predicted octanol–water partition coefficient (Wildman–Crippen LogP) is -0.0768. The molecule has 0 atom stereocenters. The molecule has 0 amide bonds. The fourth-order valence-electron chi connectivity index (χ4n) is 1.39. The molecule has 0 aliphatic rings. The van der Waals surface area contributed by atoms with Gasteiger partial charge in [-0.1, -0.05) is 6.07 Å². The third kappa shape index (κ3) is 1.93. The number of methoxy groups -OCH3 is 1. The zero-order chi connectivity index (χ0) is 10.8. The highest BCUT2D eigenvalue weighted by atomic mass is 16.5. The van der Waals surface area contributed by atoms with Gasteiger partial charge in [-0.2, -0.15) is 0 Å². The van der Waals surface area contributed by atoms with E-state index in [1.54, 1.807) is 19.2 Å². The second-order valence-electron chi connectivity index (χ2n) is 3.20. The fourth-order valence-corrected chi connectivity index (χ4v) is 1.39. The first kappa shape index (κ1) is 9.95. The van der Waals surface area contributed by atoms with Crippen molar-refractivity contribution in [2.24, 2.45) is 0 Å². The van der Waals surface area contributed by atoms with Crippen molar-refractivity contribution in [3.8, 4) is 5.75 Å². The van der Waals surface area contributed by atoms with Gasteiger partial charge in [0.05, 0.1) is 12.6 Å². The molecule has 0 aliphatic carbocycles. The standard InChI is InChI=1S/C10H10BNO3/c1-15-9-2-3-10-7(5-9)4-8(6-12-10)11(13)14/h2-6,13-14H,1H3. The molecule has 0 spiro atoms. The molecule has 5 heteroatoms. The zero-order valence-electron chi connectivity index (χ0n) is 8.21. The Morgan fingerprint density at radius 3 is 2.73 bits per heavy atom. The van der Waals surface area contributed by atoms with E-state index in [-0.39, 0.29) is 0 Å². The molecule has 76 valence electrons. The van der Waals surface area contributed by atoms with Gasteiger partial charge in [0.25, 0.3) is 0 Å². The van der Waals surface area contributed by atoms with Crippen LogP contribution in [0, 0.1) is 0 Å². The van der Waals surface area contributed by atoms with Crippen LogP contribution >= 0.6 is 0 Å². The lowest BCUT2D eigenvalue weighted by Crippen LogP contribution is -2.29. The molecule has 0 unspecified atom stereocenters. The molecule has 1 heterocycles. The Balaban J connectivity index is 2.57. The minimum absolute atomic E-state index is 0.371. The number of rotatable bonds is 2. The normalized spacial score (nSPS) is 10.3. The minimum Gasteiger partial charge on any atom is -0.497 e. The van der Waals surface area contributed by atoms with Crippen LogP contribution < -0.4 is 10.2 Å². The van der Waals surface area contributed by atoms with Crippen LogP contribution in [0.1, 0.15) is 0 Å². The van der Waals surface area contributed by atoms with Crippen LogP contribution in [0.15, 0.2) is 30.5 Å². The molecule has 2 N–H and O–H groups in total. The SMILES string of the molecule is COc1ccc2ncc(B(O)O)cc2c1. The number of ether oxygens (including phenoxy) is 1. The third-order valence-electron chi connectivity index (χ3n) is 2.21. The molecule has 2 aromatic rings. The highest BCUT2D eigenvalue weighted by Crippen LogP contribution is 2.17. The van der Waals surface area contributed by atoms with Crippen LogP contribution in [-0.2, 0) is 0 Å². The summed E-state index contributed by atoms with van der Waals surface area (Å²) >= 11 is 0. The monoisotopic (exact) mass is 203 g/mol.